The Morgan fingerprint density at radius 3 is 2.45 bits per heavy atom. The van der Waals surface area contributed by atoms with Crippen LogP contribution in [0.4, 0.5) is 0 Å². The third-order valence-electron chi connectivity index (χ3n) is 5.33. The van der Waals surface area contributed by atoms with E-state index in [1.807, 2.05) is 18.2 Å². The number of rotatable bonds is 4. The second-order valence-corrected chi connectivity index (χ2v) is 9.10. The lowest BCUT2D eigenvalue weighted by Crippen LogP contribution is -2.27. The Morgan fingerprint density at radius 1 is 1.00 bits per heavy atom. The standard InChI is InChI=1S/C26H23N5O2/c1-26(2,3)16-31-22-8-6-17(11-23(22)30(4)25(31)32)21-12-20(7-5-18(21)13-27)33-24-9-10-29-15-19(24)14-28/h5-12,15H,16H2,1-4H3. The summed E-state index contributed by atoms with van der Waals surface area (Å²) in [5, 5.41) is 19.0. The van der Waals surface area contributed by atoms with Gasteiger partial charge < -0.3 is 4.74 Å². The molecule has 33 heavy (non-hydrogen) atoms. The third kappa shape index (κ3) is 4.22. The number of imidazole rings is 1. The van der Waals surface area contributed by atoms with Crippen LogP contribution in [0.25, 0.3) is 22.2 Å². The van der Waals surface area contributed by atoms with Gasteiger partial charge in [-0.05, 0) is 41.3 Å². The zero-order valence-corrected chi connectivity index (χ0v) is 19.0. The van der Waals surface area contributed by atoms with E-state index in [1.54, 1.807) is 46.6 Å². The Balaban J connectivity index is 1.81. The molecule has 0 bridgehead atoms. The average Bonchev–Trinajstić information content (AvgIpc) is 3.02. The Kier molecular flexibility index (Phi) is 5.49. The third-order valence-corrected chi connectivity index (χ3v) is 5.33. The number of hydrogen-bond donors (Lipinski definition) is 0. The van der Waals surface area contributed by atoms with E-state index in [2.05, 4.69) is 37.9 Å². The van der Waals surface area contributed by atoms with Crippen molar-refractivity contribution in [1.29, 1.82) is 10.5 Å². The van der Waals surface area contributed by atoms with Crippen molar-refractivity contribution in [3.8, 4) is 34.8 Å². The Bertz CT molecular complexity index is 1510. The van der Waals surface area contributed by atoms with Gasteiger partial charge in [0.25, 0.3) is 0 Å². The topological polar surface area (TPSA) is 96.6 Å². The molecule has 0 atom stereocenters. The molecule has 2 aromatic carbocycles. The van der Waals surface area contributed by atoms with Gasteiger partial charge in [0, 0.05) is 37.6 Å². The molecular formula is C26H23N5O2. The zero-order valence-electron chi connectivity index (χ0n) is 19.0. The van der Waals surface area contributed by atoms with E-state index >= 15 is 0 Å². The highest BCUT2D eigenvalue weighted by atomic mass is 16.5. The summed E-state index contributed by atoms with van der Waals surface area (Å²) in [5.41, 5.74) is 3.79. The summed E-state index contributed by atoms with van der Waals surface area (Å²) in [6.45, 7) is 6.88. The van der Waals surface area contributed by atoms with Gasteiger partial charge in [0.1, 0.15) is 23.1 Å². The molecule has 0 radical (unpaired) electrons. The predicted molar refractivity (Wildman–Crippen MR) is 126 cm³/mol. The maximum absolute atomic E-state index is 12.9. The van der Waals surface area contributed by atoms with E-state index in [4.69, 9.17) is 4.74 Å². The molecule has 4 rings (SSSR count). The van der Waals surface area contributed by atoms with Crippen LogP contribution in [0.5, 0.6) is 11.5 Å². The Labute approximate surface area is 191 Å². The molecule has 0 aliphatic carbocycles. The maximum atomic E-state index is 12.9. The van der Waals surface area contributed by atoms with Crippen LogP contribution in [0.2, 0.25) is 0 Å². The van der Waals surface area contributed by atoms with Crippen molar-refractivity contribution >= 4 is 11.0 Å². The molecule has 0 saturated carbocycles. The smallest absolute Gasteiger partial charge is 0.328 e. The van der Waals surface area contributed by atoms with E-state index in [0.29, 0.717) is 34.7 Å². The summed E-state index contributed by atoms with van der Waals surface area (Å²) >= 11 is 0. The minimum atomic E-state index is -0.0728. The first-order valence-corrected chi connectivity index (χ1v) is 10.5. The molecule has 7 heteroatoms. The van der Waals surface area contributed by atoms with E-state index in [0.717, 1.165) is 16.6 Å². The monoisotopic (exact) mass is 437 g/mol. The average molecular weight is 438 g/mol. The van der Waals surface area contributed by atoms with Crippen molar-refractivity contribution in [3.63, 3.8) is 0 Å². The fourth-order valence-corrected chi connectivity index (χ4v) is 3.81. The lowest BCUT2D eigenvalue weighted by molar-refractivity contribution is 0.342. The normalized spacial score (nSPS) is 11.2. The maximum Gasteiger partial charge on any atom is 0.328 e. The highest BCUT2D eigenvalue weighted by Gasteiger charge is 2.19. The number of aryl methyl sites for hydroxylation is 1. The minimum Gasteiger partial charge on any atom is -0.456 e. The van der Waals surface area contributed by atoms with Crippen LogP contribution >= 0.6 is 0 Å². The van der Waals surface area contributed by atoms with Gasteiger partial charge in [-0.15, -0.1) is 0 Å². The van der Waals surface area contributed by atoms with Gasteiger partial charge in [0.15, 0.2) is 0 Å². The SMILES string of the molecule is Cn1c(=O)n(CC(C)(C)C)c2ccc(-c3cc(Oc4ccncc4C#N)ccc3C#N)cc21. The molecule has 0 unspecified atom stereocenters. The van der Waals surface area contributed by atoms with Crippen molar-refractivity contribution in [3.05, 3.63) is 76.5 Å². The summed E-state index contributed by atoms with van der Waals surface area (Å²) in [7, 11) is 1.76. The molecular weight excluding hydrogens is 414 g/mol. The van der Waals surface area contributed by atoms with E-state index in [-0.39, 0.29) is 11.1 Å². The molecule has 0 saturated heterocycles. The molecule has 4 aromatic rings. The van der Waals surface area contributed by atoms with Crippen molar-refractivity contribution in [2.45, 2.75) is 27.3 Å². The van der Waals surface area contributed by atoms with Gasteiger partial charge in [-0.25, -0.2) is 4.79 Å². The number of hydrogen-bond acceptors (Lipinski definition) is 5. The number of pyridine rings is 1. The number of nitrogens with zero attached hydrogens (tertiary/aromatic N) is 5. The van der Waals surface area contributed by atoms with Crippen molar-refractivity contribution < 1.29 is 4.74 Å². The first kappa shape index (κ1) is 21.9. The van der Waals surface area contributed by atoms with E-state index in [1.165, 1.54) is 6.20 Å². The lowest BCUT2D eigenvalue weighted by Gasteiger charge is -2.18. The molecule has 0 fully saturated rings. The molecule has 2 heterocycles. The molecule has 7 nitrogen and oxygen atoms in total. The van der Waals surface area contributed by atoms with Gasteiger partial charge in [-0.2, -0.15) is 10.5 Å². The number of ether oxygens (including phenoxy) is 1. The summed E-state index contributed by atoms with van der Waals surface area (Å²) in [6, 6.07) is 16.8. The fraction of sp³-hybridized carbons (Fsp3) is 0.231. The summed E-state index contributed by atoms with van der Waals surface area (Å²) in [4.78, 5) is 16.8. The summed E-state index contributed by atoms with van der Waals surface area (Å²) < 4.78 is 9.34. The zero-order chi connectivity index (χ0) is 23.8. The van der Waals surface area contributed by atoms with Crippen LogP contribution in [-0.2, 0) is 13.6 Å². The summed E-state index contributed by atoms with van der Waals surface area (Å²) in [5.74, 6) is 0.881. The molecule has 0 N–H and O–H groups in total. The Hall–Kier alpha value is -4.36. The number of benzene rings is 2. The van der Waals surface area contributed by atoms with E-state index in [9.17, 15) is 15.3 Å². The van der Waals surface area contributed by atoms with Crippen LogP contribution in [0, 0.1) is 28.1 Å². The van der Waals surface area contributed by atoms with Crippen LogP contribution in [0.3, 0.4) is 0 Å². The molecule has 0 aliphatic heterocycles. The van der Waals surface area contributed by atoms with Crippen molar-refractivity contribution in [2.75, 3.05) is 0 Å². The second kappa shape index (κ2) is 8.29. The fourth-order valence-electron chi connectivity index (χ4n) is 3.81. The van der Waals surface area contributed by atoms with Crippen LogP contribution in [-0.4, -0.2) is 14.1 Å². The van der Waals surface area contributed by atoms with Gasteiger partial charge in [-0.3, -0.25) is 14.1 Å². The first-order chi connectivity index (χ1) is 15.7. The van der Waals surface area contributed by atoms with Gasteiger partial charge in [-0.1, -0.05) is 26.8 Å². The lowest BCUT2D eigenvalue weighted by atomic mass is 9.96. The highest BCUT2D eigenvalue weighted by molar-refractivity contribution is 5.84. The largest absolute Gasteiger partial charge is 0.456 e. The Morgan fingerprint density at radius 2 is 1.76 bits per heavy atom. The number of aromatic nitrogens is 3. The predicted octanol–water partition coefficient (Wildman–Crippen LogP) is 4.98. The van der Waals surface area contributed by atoms with Crippen LogP contribution in [0.15, 0.2) is 59.7 Å². The van der Waals surface area contributed by atoms with Crippen LogP contribution < -0.4 is 10.4 Å². The summed E-state index contributed by atoms with van der Waals surface area (Å²) in [6.07, 6.45) is 2.99. The van der Waals surface area contributed by atoms with Crippen molar-refractivity contribution in [2.24, 2.45) is 12.5 Å². The quantitative estimate of drug-likeness (QED) is 0.448. The van der Waals surface area contributed by atoms with Gasteiger partial charge in [0.2, 0.25) is 0 Å². The first-order valence-electron chi connectivity index (χ1n) is 10.5. The van der Waals surface area contributed by atoms with Crippen LogP contribution in [0.1, 0.15) is 31.9 Å². The number of nitriles is 2. The highest BCUT2D eigenvalue weighted by Crippen LogP contribution is 2.33. The van der Waals surface area contributed by atoms with Gasteiger partial charge in [0.05, 0.1) is 22.7 Å². The molecule has 2 aromatic heterocycles. The minimum absolute atomic E-state index is 0.0499. The number of fused-ring (bicyclic) bond motifs is 1. The van der Waals surface area contributed by atoms with Crippen molar-refractivity contribution in [1.82, 2.24) is 14.1 Å². The van der Waals surface area contributed by atoms with Gasteiger partial charge >= 0.3 is 5.69 Å². The molecule has 0 amide bonds. The molecule has 0 aliphatic rings. The molecule has 0 spiro atoms. The second-order valence-electron chi connectivity index (χ2n) is 9.10. The molecule has 164 valence electrons. The van der Waals surface area contributed by atoms with E-state index < -0.39 is 0 Å².